The molecule has 2 heterocycles. The van der Waals surface area contributed by atoms with Crippen LogP contribution >= 0.6 is 15.9 Å². The number of rotatable bonds is 0. The van der Waals surface area contributed by atoms with E-state index in [0.717, 1.165) is 26.4 Å². The maximum atomic E-state index is 4.54. The van der Waals surface area contributed by atoms with E-state index in [4.69, 9.17) is 0 Å². The molecule has 86 valence electrons. The summed E-state index contributed by atoms with van der Waals surface area (Å²) in [7, 11) is 0. The zero-order valence-electron chi connectivity index (χ0n) is 9.44. The van der Waals surface area contributed by atoms with Crippen LogP contribution in [0, 0.1) is 0 Å². The maximum Gasteiger partial charge on any atom is 0.0734 e. The fraction of sp³-hybridized carbons (Fsp3) is 0. The number of nitrogens with zero attached hydrogens (tertiary/aromatic N) is 1. The molecular formula is C15H9BrN2. The largest absolute Gasteiger partial charge is 0.354 e. The lowest BCUT2D eigenvalue weighted by atomic mass is 10.1. The Morgan fingerprint density at radius 2 is 1.83 bits per heavy atom. The van der Waals surface area contributed by atoms with E-state index in [-0.39, 0.29) is 0 Å². The first-order chi connectivity index (χ1) is 8.83. The smallest absolute Gasteiger partial charge is 0.0734 e. The van der Waals surface area contributed by atoms with Crippen molar-refractivity contribution < 1.29 is 0 Å². The number of aromatic amines is 1. The minimum atomic E-state index is 1.00. The van der Waals surface area contributed by atoms with Crippen LogP contribution in [-0.2, 0) is 0 Å². The van der Waals surface area contributed by atoms with Crippen LogP contribution in [0.25, 0.3) is 32.7 Å². The summed E-state index contributed by atoms with van der Waals surface area (Å²) in [6, 6.07) is 14.5. The van der Waals surface area contributed by atoms with Crippen LogP contribution in [0.2, 0.25) is 0 Å². The first-order valence-corrected chi connectivity index (χ1v) is 6.57. The van der Waals surface area contributed by atoms with Gasteiger partial charge in [0.15, 0.2) is 0 Å². The quantitative estimate of drug-likeness (QED) is 0.503. The molecule has 0 amide bonds. The second kappa shape index (κ2) is 3.56. The second-order valence-corrected chi connectivity index (χ2v) is 5.29. The van der Waals surface area contributed by atoms with Crippen LogP contribution in [0.1, 0.15) is 0 Å². The maximum absolute atomic E-state index is 4.54. The molecular weight excluding hydrogens is 288 g/mol. The number of pyridine rings is 1. The van der Waals surface area contributed by atoms with Crippen LogP contribution < -0.4 is 0 Å². The zero-order valence-corrected chi connectivity index (χ0v) is 11.0. The van der Waals surface area contributed by atoms with Gasteiger partial charge in [-0.15, -0.1) is 0 Å². The predicted octanol–water partition coefficient (Wildman–Crippen LogP) is 4.63. The summed E-state index contributed by atoms with van der Waals surface area (Å²) >= 11 is 3.48. The van der Waals surface area contributed by atoms with E-state index < -0.39 is 0 Å². The summed E-state index contributed by atoms with van der Waals surface area (Å²) < 4.78 is 1.05. The number of hydrogen-bond donors (Lipinski definition) is 1. The van der Waals surface area contributed by atoms with Crippen molar-refractivity contribution in [3.63, 3.8) is 0 Å². The van der Waals surface area contributed by atoms with Gasteiger partial charge in [-0.25, -0.2) is 0 Å². The fourth-order valence-corrected chi connectivity index (χ4v) is 2.82. The summed E-state index contributed by atoms with van der Waals surface area (Å²) in [4.78, 5) is 8.03. The minimum absolute atomic E-state index is 1.00. The normalized spacial score (nSPS) is 11.6. The van der Waals surface area contributed by atoms with Crippen molar-refractivity contribution in [1.29, 1.82) is 0 Å². The standard InChI is InChI=1S/C15H9BrN2/c16-9-5-6-11-14(7-9)17-8-12-10-3-1-2-4-13(10)18-15(11)12/h1-8,18H. The molecule has 0 unspecified atom stereocenters. The van der Waals surface area contributed by atoms with E-state index in [2.05, 4.69) is 56.2 Å². The van der Waals surface area contributed by atoms with Gasteiger partial charge in [0.2, 0.25) is 0 Å². The van der Waals surface area contributed by atoms with Gasteiger partial charge >= 0.3 is 0 Å². The van der Waals surface area contributed by atoms with Crippen molar-refractivity contribution >= 4 is 48.6 Å². The first kappa shape index (κ1) is 10.1. The molecule has 0 aliphatic heterocycles. The van der Waals surface area contributed by atoms with Gasteiger partial charge < -0.3 is 4.98 Å². The molecule has 2 nitrogen and oxygen atoms in total. The van der Waals surface area contributed by atoms with E-state index in [9.17, 15) is 0 Å². The van der Waals surface area contributed by atoms with Gasteiger partial charge in [0.25, 0.3) is 0 Å². The van der Waals surface area contributed by atoms with Crippen LogP contribution in [-0.4, -0.2) is 9.97 Å². The van der Waals surface area contributed by atoms with Gasteiger partial charge in [0.05, 0.1) is 11.0 Å². The van der Waals surface area contributed by atoms with Gasteiger partial charge in [0, 0.05) is 32.3 Å². The van der Waals surface area contributed by atoms with Crippen LogP contribution in [0.3, 0.4) is 0 Å². The van der Waals surface area contributed by atoms with Crippen LogP contribution in [0.5, 0.6) is 0 Å². The van der Waals surface area contributed by atoms with Crippen molar-refractivity contribution in [3.8, 4) is 0 Å². The van der Waals surface area contributed by atoms with Crippen molar-refractivity contribution in [2.75, 3.05) is 0 Å². The summed E-state index contributed by atoms with van der Waals surface area (Å²) in [5.41, 5.74) is 3.32. The monoisotopic (exact) mass is 296 g/mol. The number of hydrogen-bond acceptors (Lipinski definition) is 1. The molecule has 0 bridgehead atoms. The topological polar surface area (TPSA) is 28.7 Å². The van der Waals surface area contributed by atoms with E-state index in [1.165, 1.54) is 10.8 Å². The lowest BCUT2D eigenvalue weighted by molar-refractivity contribution is 1.44. The Hall–Kier alpha value is -1.87. The van der Waals surface area contributed by atoms with Crippen LogP contribution in [0.4, 0.5) is 0 Å². The molecule has 0 spiro atoms. The van der Waals surface area contributed by atoms with Gasteiger partial charge in [0.1, 0.15) is 0 Å². The Balaban J connectivity index is 2.28. The molecule has 0 saturated heterocycles. The second-order valence-electron chi connectivity index (χ2n) is 4.38. The molecule has 1 N–H and O–H groups in total. The lowest BCUT2D eigenvalue weighted by Gasteiger charge is -1.99. The summed E-state index contributed by atoms with van der Waals surface area (Å²) in [5, 5.41) is 3.57. The van der Waals surface area contributed by atoms with E-state index in [0.29, 0.717) is 0 Å². The molecule has 4 aromatic rings. The SMILES string of the molecule is Brc1ccc2c(c1)ncc1c3ccccc3[nH]c21. The molecule has 0 fully saturated rings. The van der Waals surface area contributed by atoms with E-state index in [1.807, 2.05) is 18.3 Å². The Kier molecular flexibility index (Phi) is 2.00. The highest BCUT2D eigenvalue weighted by Crippen LogP contribution is 2.30. The molecule has 2 aromatic heterocycles. The fourth-order valence-electron chi connectivity index (χ4n) is 2.47. The highest BCUT2D eigenvalue weighted by atomic mass is 79.9. The Morgan fingerprint density at radius 1 is 0.944 bits per heavy atom. The molecule has 18 heavy (non-hydrogen) atoms. The summed E-state index contributed by atoms with van der Waals surface area (Å²) in [5.74, 6) is 0. The third-order valence-electron chi connectivity index (χ3n) is 3.31. The molecule has 0 aliphatic rings. The lowest BCUT2D eigenvalue weighted by Crippen LogP contribution is -1.80. The van der Waals surface area contributed by atoms with Crippen molar-refractivity contribution in [2.45, 2.75) is 0 Å². The molecule has 0 saturated carbocycles. The van der Waals surface area contributed by atoms with Crippen molar-refractivity contribution in [1.82, 2.24) is 9.97 Å². The molecule has 0 radical (unpaired) electrons. The molecule has 0 aliphatic carbocycles. The van der Waals surface area contributed by atoms with E-state index >= 15 is 0 Å². The Labute approximate surface area is 112 Å². The highest BCUT2D eigenvalue weighted by molar-refractivity contribution is 9.10. The molecule has 4 rings (SSSR count). The van der Waals surface area contributed by atoms with Gasteiger partial charge in [-0.05, 0) is 24.3 Å². The van der Waals surface area contributed by atoms with Crippen molar-refractivity contribution in [2.24, 2.45) is 0 Å². The third kappa shape index (κ3) is 1.31. The predicted molar refractivity (Wildman–Crippen MR) is 78.8 cm³/mol. The van der Waals surface area contributed by atoms with Crippen LogP contribution in [0.15, 0.2) is 53.1 Å². The Bertz CT molecular complexity index is 893. The molecule has 3 heteroatoms. The van der Waals surface area contributed by atoms with E-state index in [1.54, 1.807) is 0 Å². The number of nitrogens with one attached hydrogen (secondary N) is 1. The summed E-state index contributed by atoms with van der Waals surface area (Å²) in [6.45, 7) is 0. The van der Waals surface area contributed by atoms with Gasteiger partial charge in [-0.3, -0.25) is 4.98 Å². The average molecular weight is 297 g/mol. The number of halogens is 1. The number of aromatic nitrogens is 2. The average Bonchev–Trinajstić information content (AvgIpc) is 2.77. The number of benzene rings is 2. The number of fused-ring (bicyclic) bond motifs is 5. The molecule has 2 aromatic carbocycles. The summed E-state index contributed by atoms with van der Waals surface area (Å²) in [6.07, 6.45) is 1.95. The first-order valence-electron chi connectivity index (χ1n) is 5.77. The van der Waals surface area contributed by atoms with Gasteiger partial charge in [-0.2, -0.15) is 0 Å². The zero-order chi connectivity index (χ0) is 12.1. The minimum Gasteiger partial charge on any atom is -0.354 e. The number of para-hydroxylation sites is 1. The highest BCUT2D eigenvalue weighted by Gasteiger charge is 2.07. The Morgan fingerprint density at radius 3 is 2.78 bits per heavy atom. The van der Waals surface area contributed by atoms with Gasteiger partial charge in [-0.1, -0.05) is 34.1 Å². The number of H-pyrrole nitrogens is 1. The molecule has 0 atom stereocenters. The third-order valence-corrected chi connectivity index (χ3v) is 3.80. The van der Waals surface area contributed by atoms with Crippen molar-refractivity contribution in [3.05, 3.63) is 53.1 Å².